The molecule has 2 aromatic rings. The van der Waals surface area contributed by atoms with E-state index in [9.17, 15) is 0 Å². The van der Waals surface area contributed by atoms with Gasteiger partial charge in [0, 0.05) is 16.5 Å². The number of rotatable bonds is 2. The van der Waals surface area contributed by atoms with E-state index < -0.39 is 0 Å². The Morgan fingerprint density at radius 2 is 1.95 bits per heavy atom. The van der Waals surface area contributed by atoms with Gasteiger partial charge in [0.1, 0.15) is 5.75 Å². The fourth-order valence-corrected chi connectivity index (χ4v) is 3.41. The molecule has 104 valence electrons. The molecule has 2 aromatic carbocycles. The Bertz CT molecular complexity index is 666. The molecular weight excluding hydrogens is 336 g/mol. The molecule has 0 aliphatic carbocycles. The van der Waals surface area contributed by atoms with Crippen molar-refractivity contribution in [1.29, 1.82) is 0 Å². The van der Waals surface area contributed by atoms with E-state index in [0.717, 1.165) is 34.4 Å². The van der Waals surface area contributed by atoms with Crippen molar-refractivity contribution in [3.05, 3.63) is 62.6 Å². The van der Waals surface area contributed by atoms with Gasteiger partial charge in [0.2, 0.25) is 0 Å². The summed E-state index contributed by atoms with van der Waals surface area (Å²) >= 11 is 10.3. The van der Waals surface area contributed by atoms with Gasteiger partial charge in [0.05, 0.1) is 12.0 Å². The Balaban J connectivity index is 2.06. The predicted molar refractivity (Wildman–Crippen MR) is 87.0 cm³/mol. The summed E-state index contributed by atoms with van der Waals surface area (Å²) in [4.78, 5) is 0. The lowest BCUT2D eigenvalue weighted by molar-refractivity contribution is 0.353. The van der Waals surface area contributed by atoms with Crippen molar-refractivity contribution in [2.75, 3.05) is 6.61 Å². The van der Waals surface area contributed by atoms with Crippen molar-refractivity contribution < 1.29 is 4.74 Å². The van der Waals surface area contributed by atoms with E-state index in [-0.39, 0.29) is 5.38 Å². The van der Waals surface area contributed by atoms with Gasteiger partial charge in [-0.3, -0.25) is 0 Å². The van der Waals surface area contributed by atoms with Crippen molar-refractivity contribution in [3.63, 3.8) is 0 Å². The van der Waals surface area contributed by atoms with Crippen molar-refractivity contribution in [2.45, 2.75) is 25.6 Å². The lowest BCUT2D eigenvalue weighted by Crippen LogP contribution is -1.98. The molecule has 1 atom stereocenters. The van der Waals surface area contributed by atoms with E-state index >= 15 is 0 Å². The highest BCUT2D eigenvalue weighted by Gasteiger charge is 2.23. The molecule has 3 heteroatoms. The number of halogens is 2. The summed E-state index contributed by atoms with van der Waals surface area (Å²) in [6.45, 7) is 4.97. The molecule has 0 spiro atoms. The highest BCUT2D eigenvalue weighted by molar-refractivity contribution is 9.10. The van der Waals surface area contributed by atoms with E-state index in [4.69, 9.17) is 16.3 Å². The topological polar surface area (TPSA) is 9.23 Å². The minimum absolute atomic E-state index is 0.182. The summed E-state index contributed by atoms with van der Waals surface area (Å²) in [6, 6.07) is 10.6. The van der Waals surface area contributed by atoms with Crippen LogP contribution in [0.4, 0.5) is 0 Å². The minimum atomic E-state index is -0.182. The summed E-state index contributed by atoms with van der Waals surface area (Å²) in [7, 11) is 0. The lowest BCUT2D eigenvalue weighted by atomic mass is 9.98. The van der Waals surface area contributed by atoms with Crippen LogP contribution in [0.25, 0.3) is 0 Å². The van der Waals surface area contributed by atoms with Crippen LogP contribution in [0, 0.1) is 13.8 Å². The van der Waals surface area contributed by atoms with Crippen LogP contribution < -0.4 is 4.74 Å². The molecule has 0 amide bonds. The second-order valence-electron chi connectivity index (χ2n) is 5.29. The van der Waals surface area contributed by atoms with E-state index in [2.05, 4.69) is 60.1 Å². The summed E-state index contributed by atoms with van der Waals surface area (Å²) in [5.74, 6) is 0.964. The smallest absolute Gasteiger partial charge is 0.127 e. The first-order valence-corrected chi connectivity index (χ1v) is 7.95. The molecule has 0 N–H and O–H groups in total. The van der Waals surface area contributed by atoms with Crippen molar-refractivity contribution in [1.82, 2.24) is 0 Å². The third-order valence-electron chi connectivity index (χ3n) is 3.87. The fraction of sp³-hybridized carbons (Fsp3) is 0.294. The predicted octanol–water partition coefficient (Wildman–Crippen LogP) is 5.33. The fourth-order valence-electron chi connectivity index (χ4n) is 2.59. The molecule has 0 radical (unpaired) electrons. The first-order chi connectivity index (χ1) is 9.56. The summed E-state index contributed by atoms with van der Waals surface area (Å²) in [6.07, 6.45) is 0.957. The standard InChI is InChI=1S/C17H16BrClO/c1-10-3-4-12(7-11(10)2)16(19)15-9-14(18)8-13-5-6-20-17(13)15/h3-4,7-9,16H,5-6H2,1-2H3. The zero-order valence-corrected chi connectivity index (χ0v) is 13.9. The summed E-state index contributed by atoms with van der Waals surface area (Å²) < 4.78 is 6.84. The van der Waals surface area contributed by atoms with Gasteiger partial charge in [0.15, 0.2) is 0 Å². The van der Waals surface area contributed by atoms with Gasteiger partial charge in [-0.25, -0.2) is 0 Å². The van der Waals surface area contributed by atoms with Crippen LogP contribution in [0.1, 0.15) is 33.2 Å². The molecular formula is C17H16BrClO. The zero-order chi connectivity index (χ0) is 14.3. The van der Waals surface area contributed by atoms with E-state index in [1.165, 1.54) is 16.7 Å². The first-order valence-electron chi connectivity index (χ1n) is 6.72. The molecule has 1 aliphatic rings. The Kier molecular flexibility index (Phi) is 3.78. The quantitative estimate of drug-likeness (QED) is 0.665. The molecule has 0 saturated carbocycles. The number of benzene rings is 2. The Morgan fingerprint density at radius 3 is 2.70 bits per heavy atom. The van der Waals surface area contributed by atoms with Crippen LogP contribution in [0.2, 0.25) is 0 Å². The second kappa shape index (κ2) is 5.42. The largest absolute Gasteiger partial charge is 0.493 e. The molecule has 0 bridgehead atoms. The van der Waals surface area contributed by atoms with Gasteiger partial charge in [-0.1, -0.05) is 34.1 Å². The zero-order valence-electron chi connectivity index (χ0n) is 11.5. The van der Waals surface area contributed by atoms with Gasteiger partial charge in [-0.05, 0) is 48.2 Å². The maximum atomic E-state index is 6.71. The van der Waals surface area contributed by atoms with Crippen LogP contribution in [0.3, 0.4) is 0 Å². The van der Waals surface area contributed by atoms with E-state index in [1.54, 1.807) is 0 Å². The number of hydrogen-bond donors (Lipinski definition) is 0. The molecule has 0 aromatic heterocycles. The molecule has 1 aliphatic heterocycles. The molecule has 3 rings (SSSR count). The van der Waals surface area contributed by atoms with Crippen LogP contribution in [-0.4, -0.2) is 6.61 Å². The molecule has 1 nitrogen and oxygen atoms in total. The number of hydrogen-bond acceptors (Lipinski definition) is 1. The normalized spacial score (nSPS) is 14.8. The first kappa shape index (κ1) is 14.0. The average molecular weight is 352 g/mol. The lowest BCUT2D eigenvalue weighted by Gasteiger charge is -2.16. The van der Waals surface area contributed by atoms with Gasteiger partial charge < -0.3 is 4.74 Å². The second-order valence-corrected chi connectivity index (χ2v) is 6.64. The van der Waals surface area contributed by atoms with Crippen LogP contribution >= 0.6 is 27.5 Å². The molecule has 1 heterocycles. The van der Waals surface area contributed by atoms with E-state index in [0.29, 0.717) is 0 Å². The van der Waals surface area contributed by atoms with Crippen LogP contribution in [0.5, 0.6) is 5.75 Å². The number of ether oxygens (including phenoxy) is 1. The van der Waals surface area contributed by atoms with Crippen LogP contribution in [-0.2, 0) is 6.42 Å². The molecule has 0 saturated heterocycles. The van der Waals surface area contributed by atoms with Crippen molar-refractivity contribution in [2.24, 2.45) is 0 Å². The van der Waals surface area contributed by atoms with Crippen molar-refractivity contribution in [3.8, 4) is 5.75 Å². The molecule has 1 unspecified atom stereocenters. The Labute approximate surface area is 133 Å². The third kappa shape index (κ3) is 2.47. The van der Waals surface area contributed by atoms with Gasteiger partial charge in [-0.15, -0.1) is 11.6 Å². The monoisotopic (exact) mass is 350 g/mol. The van der Waals surface area contributed by atoms with E-state index in [1.807, 2.05) is 0 Å². The minimum Gasteiger partial charge on any atom is -0.493 e. The molecule has 0 fully saturated rings. The average Bonchev–Trinajstić information content (AvgIpc) is 2.88. The maximum Gasteiger partial charge on any atom is 0.127 e. The van der Waals surface area contributed by atoms with Gasteiger partial charge in [-0.2, -0.15) is 0 Å². The maximum absolute atomic E-state index is 6.71. The Hall–Kier alpha value is -0.990. The van der Waals surface area contributed by atoms with Gasteiger partial charge >= 0.3 is 0 Å². The van der Waals surface area contributed by atoms with Crippen molar-refractivity contribution >= 4 is 27.5 Å². The van der Waals surface area contributed by atoms with Gasteiger partial charge in [0.25, 0.3) is 0 Å². The SMILES string of the molecule is Cc1ccc(C(Cl)c2cc(Br)cc3c2OCC3)cc1C. The highest BCUT2D eigenvalue weighted by atomic mass is 79.9. The highest BCUT2D eigenvalue weighted by Crippen LogP contribution is 2.41. The number of alkyl halides is 1. The summed E-state index contributed by atoms with van der Waals surface area (Å²) in [5, 5.41) is -0.182. The number of aryl methyl sites for hydroxylation is 2. The van der Waals surface area contributed by atoms with Crippen LogP contribution in [0.15, 0.2) is 34.8 Å². The molecule has 20 heavy (non-hydrogen) atoms. The summed E-state index contributed by atoms with van der Waals surface area (Å²) in [5.41, 5.74) is 5.96. The third-order valence-corrected chi connectivity index (χ3v) is 4.82. The Morgan fingerprint density at radius 1 is 1.15 bits per heavy atom. The number of fused-ring (bicyclic) bond motifs is 1.